The van der Waals surface area contributed by atoms with Crippen LogP contribution in [0.3, 0.4) is 0 Å². The second-order valence-electron chi connectivity index (χ2n) is 6.81. The molecule has 1 fully saturated rings. The monoisotopic (exact) mass is 289 g/mol. The van der Waals surface area contributed by atoms with Gasteiger partial charge in [0.25, 0.3) is 0 Å². The lowest BCUT2D eigenvalue weighted by atomic mass is 9.65. The smallest absolute Gasteiger partial charge is 0.309 e. The zero-order chi connectivity index (χ0) is 15.8. The van der Waals surface area contributed by atoms with Gasteiger partial charge in [-0.1, -0.05) is 31.5 Å². The van der Waals surface area contributed by atoms with E-state index in [-0.39, 0.29) is 11.8 Å². The normalized spacial score (nSPS) is 27.3. The van der Waals surface area contributed by atoms with Gasteiger partial charge in [-0.2, -0.15) is 0 Å². The Morgan fingerprint density at radius 3 is 2.24 bits per heavy atom. The molecule has 0 aromatic heterocycles. The molecule has 1 aliphatic rings. The van der Waals surface area contributed by atoms with Gasteiger partial charge in [-0.3, -0.25) is 9.59 Å². The van der Waals surface area contributed by atoms with Crippen molar-refractivity contribution >= 4 is 17.6 Å². The third-order valence-corrected chi connectivity index (χ3v) is 5.33. The van der Waals surface area contributed by atoms with E-state index in [0.717, 1.165) is 11.3 Å². The number of aliphatic carboxylic acids is 1. The number of anilines is 1. The Bertz CT molecular complexity index is 562. The highest BCUT2D eigenvalue weighted by atomic mass is 16.4. The summed E-state index contributed by atoms with van der Waals surface area (Å²) in [5.74, 6) is -1.20. The number of benzene rings is 1. The second-order valence-corrected chi connectivity index (χ2v) is 6.81. The third kappa shape index (κ3) is 2.55. The van der Waals surface area contributed by atoms with Gasteiger partial charge in [-0.05, 0) is 44.2 Å². The van der Waals surface area contributed by atoms with Crippen LogP contribution in [-0.4, -0.2) is 17.0 Å². The molecule has 1 aromatic rings. The first-order valence-corrected chi connectivity index (χ1v) is 7.29. The van der Waals surface area contributed by atoms with Crippen LogP contribution >= 0.6 is 0 Å². The van der Waals surface area contributed by atoms with Gasteiger partial charge in [0.2, 0.25) is 5.91 Å². The van der Waals surface area contributed by atoms with Crippen molar-refractivity contribution < 1.29 is 14.7 Å². The largest absolute Gasteiger partial charge is 0.481 e. The van der Waals surface area contributed by atoms with Gasteiger partial charge in [-0.25, -0.2) is 0 Å². The van der Waals surface area contributed by atoms with E-state index in [0.29, 0.717) is 12.8 Å². The first kappa shape index (κ1) is 15.5. The fraction of sp³-hybridized carbons (Fsp3) is 0.529. The lowest BCUT2D eigenvalue weighted by Gasteiger charge is -2.37. The van der Waals surface area contributed by atoms with E-state index >= 15 is 0 Å². The van der Waals surface area contributed by atoms with Gasteiger partial charge >= 0.3 is 5.97 Å². The van der Waals surface area contributed by atoms with Gasteiger partial charge in [-0.15, -0.1) is 0 Å². The highest BCUT2D eigenvalue weighted by molar-refractivity contribution is 5.94. The molecule has 4 heteroatoms. The Balaban J connectivity index is 2.17. The number of aryl methyl sites for hydroxylation is 1. The fourth-order valence-electron chi connectivity index (χ4n) is 3.21. The van der Waals surface area contributed by atoms with E-state index in [4.69, 9.17) is 0 Å². The predicted molar refractivity (Wildman–Crippen MR) is 82.1 cm³/mol. The van der Waals surface area contributed by atoms with Crippen LogP contribution in [0.2, 0.25) is 0 Å². The van der Waals surface area contributed by atoms with Crippen molar-refractivity contribution in [2.24, 2.45) is 16.7 Å². The topological polar surface area (TPSA) is 66.4 Å². The van der Waals surface area contributed by atoms with Gasteiger partial charge in [0.15, 0.2) is 0 Å². The molecule has 4 nitrogen and oxygen atoms in total. The maximum atomic E-state index is 12.5. The summed E-state index contributed by atoms with van der Waals surface area (Å²) in [6.07, 6.45) is 1.13. The molecule has 21 heavy (non-hydrogen) atoms. The van der Waals surface area contributed by atoms with Crippen LogP contribution < -0.4 is 5.32 Å². The molecule has 2 N–H and O–H groups in total. The molecule has 2 atom stereocenters. The summed E-state index contributed by atoms with van der Waals surface area (Å²) < 4.78 is 0. The zero-order valence-electron chi connectivity index (χ0n) is 13.1. The van der Waals surface area contributed by atoms with Gasteiger partial charge in [0.1, 0.15) is 0 Å². The molecule has 0 saturated heterocycles. The minimum absolute atomic E-state index is 0.0890. The van der Waals surface area contributed by atoms with Crippen LogP contribution in [0.15, 0.2) is 24.3 Å². The second kappa shape index (κ2) is 5.17. The van der Waals surface area contributed by atoms with Gasteiger partial charge in [0.05, 0.1) is 5.41 Å². The Labute approximate surface area is 125 Å². The van der Waals surface area contributed by atoms with Crippen molar-refractivity contribution in [1.29, 1.82) is 0 Å². The van der Waals surface area contributed by atoms with Gasteiger partial charge in [0, 0.05) is 11.6 Å². The number of hydrogen-bond donors (Lipinski definition) is 2. The van der Waals surface area contributed by atoms with Crippen molar-refractivity contribution in [3.63, 3.8) is 0 Å². The van der Waals surface area contributed by atoms with Crippen molar-refractivity contribution in [1.82, 2.24) is 0 Å². The van der Waals surface area contributed by atoms with Crippen molar-refractivity contribution in [2.45, 2.75) is 40.5 Å². The maximum absolute atomic E-state index is 12.5. The Kier molecular flexibility index (Phi) is 3.83. The van der Waals surface area contributed by atoms with Crippen LogP contribution in [0.25, 0.3) is 0 Å². The lowest BCUT2D eigenvalue weighted by Crippen LogP contribution is -2.43. The number of carbonyl (C=O) groups excluding carboxylic acids is 1. The zero-order valence-corrected chi connectivity index (χ0v) is 13.1. The molecule has 2 rings (SSSR count). The molecule has 0 radical (unpaired) electrons. The van der Waals surface area contributed by atoms with Gasteiger partial charge < -0.3 is 10.4 Å². The van der Waals surface area contributed by atoms with E-state index in [9.17, 15) is 14.7 Å². The number of hydrogen-bond acceptors (Lipinski definition) is 2. The average Bonchev–Trinajstić information content (AvgIpc) is 2.64. The predicted octanol–water partition coefficient (Wildman–Crippen LogP) is 3.46. The molecule has 0 heterocycles. The summed E-state index contributed by atoms with van der Waals surface area (Å²) in [5, 5.41) is 12.4. The number of carboxylic acids is 1. The van der Waals surface area contributed by atoms with Crippen molar-refractivity contribution in [3.8, 4) is 0 Å². The first-order chi connectivity index (χ1) is 9.68. The molecule has 1 saturated carbocycles. The van der Waals surface area contributed by atoms with E-state index < -0.39 is 16.8 Å². The Hall–Kier alpha value is -1.84. The summed E-state index contributed by atoms with van der Waals surface area (Å²) in [4.78, 5) is 24.1. The summed E-state index contributed by atoms with van der Waals surface area (Å²) in [5.41, 5.74) is 0.452. The highest BCUT2D eigenvalue weighted by Gasteiger charge is 2.58. The maximum Gasteiger partial charge on any atom is 0.309 e. The van der Waals surface area contributed by atoms with E-state index in [1.807, 2.05) is 45.0 Å². The first-order valence-electron chi connectivity index (χ1n) is 7.29. The number of nitrogens with one attached hydrogen (secondary N) is 1. The highest BCUT2D eigenvalue weighted by Crippen LogP contribution is 2.56. The fourth-order valence-corrected chi connectivity index (χ4v) is 3.21. The minimum atomic E-state index is -0.859. The van der Waals surface area contributed by atoms with E-state index in [2.05, 4.69) is 5.32 Å². The lowest BCUT2D eigenvalue weighted by molar-refractivity contribution is -0.154. The molecule has 0 spiro atoms. The summed E-state index contributed by atoms with van der Waals surface area (Å²) in [7, 11) is 0. The van der Waals surface area contributed by atoms with Crippen LogP contribution in [0.5, 0.6) is 0 Å². The third-order valence-electron chi connectivity index (χ3n) is 5.33. The average molecular weight is 289 g/mol. The number of carbonyl (C=O) groups is 2. The minimum Gasteiger partial charge on any atom is -0.481 e. The molecular weight excluding hydrogens is 266 g/mol. The standard InChI is InChI=1S/C17H23NO3/c1-11-5-7-12(8-6-11)18-14(19)13-9-10-17(4,15(20)21)16(13,2)3/h5-8,13H,9-10H2,1-4H3,(H,18,19)(H,20,21)/t13-,17-/m1/s1. The van der Waals surface area contributed by atoms with Crippen LogP contribution in [-0.2, 0) is 9.59 Å². The summed E-state index contributed by atoms with van der Waals surface area (Å²) in [6, 6.07) is 7.62. The number of amides is 1. The number of rotatable bonds is 3. The SMILES string of the molecule is Cc1ccc(NC(=O)[C@H]2CC[C@](C)(C(=O)O)C2(C)C)cc1. The summed E-state index contributed by atoms with van der Waals surface area (Å²) in [6.45, 7) is 7.50. The molecule has 0 bridgehead atoms. The number of carboxylic acid groups (broad SMARTS) is 1. The molecule has 0 unspecified atom stereocenters. The Morgan fingerprint density at radius 1 is 1.19 bits per heavy atom. The van der Waals surface area contributed by atoms with Crippen molar-refractivity contribution in [2.75, 3.05) is 5.32 Å². The van der Waals surface area contributed by atoms with Crippen molar-refractivity contribution in [3.05, 3.63) is 29.8 Å². The van der Waals surface area contributed by atoms with Crippen LogP contribution in [0, 0.1) is 23.7 Å². The molecule has 114 valence electrons. The quantitative estimate of drug-likeness (QED) is 0.895. The molecule has 1 aromatic carbocycles. The van der Waals surface area contributed by atoms with Crippen LogP contribution in [0.1, 0.15) is 39.2 Å². The Morgan fingerprint density at radius 2 is 1.76 bits per heavy atom. The molecule has 0 aliphatic heterocycles. The molecule has 1 aliphatic carbocycles. The summed E-state index contributed by atoms with van der Waals surface area (Å²) >= 11 is 0. The molecular formula is C17H23NO3. The molecule has 1 amide bonds. The van der Waals surface area contributed by atoms with Crippen LogP contribution in [0.4, 0.5) is 5.69 Å². The van der Waals surface area contributed by atoms with E-state index in [1.54, 1.807) is 6.92 Å². The van der Waals surface area contributed by atoms with E-state index in [1.165, 1.54) is 0 Å².